The molecular formula is C65H69GeIrN5O-2. The largest absolute Gasteiger partial charge is 0 e. The van der Waals surface area contributed by atoms with Crippen LogP contribution in [0.1, 0.15) is 114 Å². The second-order valence-corrected chi connectivity index (χ2v) is 33.7. The van der Waals surface area contributed by atoms with E-state index >= 15 is 0 Å². The van der Waals surface area contributed by atoms with Crippen LogP contribution in [0.15, 0.2) is 132 Å². The van der Waals surface area contributed by atoms with Crippen molar-refractivity contribution in [3.8, 4) is 39.5 Å². The maximum absolute atomic E-state index is 6.71. The third-order valence-electron chi connectivity index (χ3n) is 14.4. The van der Waals surface area contributed by atoms with Gasteiger partial charge < -0.3 is 8.98 Å². The van der Waals surface area contributed by atoms with Crippen molar-refractivity contribution in [3.63, 3.8) is 0 Å². The molecule has 5 aromatic carbocycles. The number of nitrogens with zero attached hydrogens (tertiary/aromatic N) is 5. The quantitative estimate of drug-likeness (QED) is 0.101. The van der Waals surface area contributed by atoms with Crippen molar-refractivity contribution >= 4 is 61.7 Å². The average Bonchev–Trinajstić information content (AvgIpc) is 4.11. The number of furan rings is 1. The number of pyridine rings is 3. The molecule has 11 rings (SSSR count). The summed E-state index contributed by atoms with van der Waals surface area (Å²) in [4.78, 5) is 20.3. The van der Waals surface area contributed by atoms with Gasteiger partial charge in [-0.1, -0.05) is 102 Å². The summed E-state index contributed by atoms with van der Waals surface area (Å²) in [5, 5.41) is 3.08. The number of benzene rings is 5. The fourth-order valence-electron chi connectivity index (χ4n) is 10.9. The van der Waals surface area contributed by atoms with Gasteiger partial charge in [-0.3, -0.25) is 9.97 Å². The molecule has 1 fully saturated rings. The molecular weight excluding hydrogens is 1130 g/mol. The molecule has 375 valence electrons. The molecule has 0 N–H and O–H groups in total. The zero-order chi connectivity index (χ0) is 50.5. The van der Waals surface area contributed by atoms with Crippen LogP contribution in [0.3, 0.4) is 0 Å². The summed E-state index contributed by atoms with van der Waals surface area (Å²) in [6.45, 7) is 17.9. The van der Waals surface area contributed by atoms with Gasteiger partial charge in [-0.2, -0.15) is 0 Å². The number of hydrogen-bond acceptors (Lipinski definition) is 5. The van der Waals surface area contributed by atoms with Gasteiger partial charge in [0, 0.05) is 48.0 Å². The molecule has 8 heteroatoms. The van der Waals surface area contributed by atoms with Gasteiger partial charge in [0.15, 0.2) is 0 Å². The summed E-state index contributed by atoms with van der Waals surface area (Å²) in [5.74, 6) is 9.57. The first-order valence-electron chi connectivity index (χ1n) is 26.2. The van der Waals surface area contributed by atoms with E-state index in [2.05, 4.69) is 199 Å². The van der Waals surface area contributed by atoms with E-state index in [4.69, 9.17) is 24.4 Å². The van der Waals surface area contributed by atoms with E-state index in [1.165, 1.54) is 54.4 Å². The van der Waals surface area contributed by atoms with Crippen LogP contribution in [0.25, 0.3) is 83.5 Å². The van der Waals surface area contributed by atoms with E-state index in [1.54, 1.807) is 9.96 Å². The Labute approximate surface area is 449 Å². The van der Waals surface area contributed by atoms with Gasteiger partial charge in [0.1, 0.15) is 0 Å². The second kappa shape index (κ2) is 21.2. The second-order valence-electron chi connectivity index (χ2n) is 23.1. The Kier molecular flexibility index (Phi) is 15.2. The summed E-state index contributed by atoms with van der Waals surface area (Å²) in [5.41, 5.74) is 17.0. The number of aryl methyl sites for hydroxylation is 1. The Morgan fingerprint density at radius 1 is 0.740 bits per heavy atom. The van der Waals surface area contributed by atoms with Gasteiger partial charge in [-0.15, -0.1) is 18.2 Å². The Balaban J connectivity index is 0.000000239. The van der Waals surface area contributed by atoms with Crippen LogP contribution in [0.5, 0.6) is 0 Å². The van der Waals surface area contributed by atoms with E-state index in [1.807, 2.05) is 18.2 Å². The smallest absolute Gasteiger partial charge is 0 e. The zero-order valence-electron chi connectivity index (χ0n) is 44.6. The molecule has 0 aliphatic heterocycles. The van der Waals surface area contributed by atoms with E-state index < -0.39 is 13.3 Å². The Morgan fingerprint density at radius 3 is 2.12 bits per heavy atom. The van der Waals surface area contributed by atoms with Crippen LogP contribution in [0.2, 0.25) is 17.3 Å². The monoisotopic (exact) mass is 1200 g/mol. The summed E-state index contributed by atoms with van der Waals surface area (Å²) in [7, 11) is 0. The number of imidazole rings is 1. The fraction of sp³-hybridized carbons (Fsp3) is 0.323. The molecule has 6 nitrogen and oxygen atoms in total. The molecule has 0 saturated heterocycles. The molecule has 0 unspecified atom stereocenters. The standard InChI is InChI=1S/C45H43N4O.C20H26GeN.Ir/c1-26(2)36-23-31(29-13-10-9-11-14-29)24-37(27(3)4)40(36)49-41-38(22-19-30-18-17-28(5)46-39(30)41)48-43(49)35-16-12-15-33-34-21-20-32(25-45(6,7)8)47-44(34)50-42(33)35;1-21(2,3)19-15-22-20(17-11-5-4-6-12-17)14-18(19)13-16-9-7-8-10-16;/h9-15,17-24,26-27H,25H2,1-8H3;4-6,11,14-16H,7-10,13H2,1-3H3;/q2*-1;. The Hall–Kier alpha value is -5.73. The topological polar surface area (TPSA) is 69.6 Å². The van der Waals surface area contributed by atoms with Crippen LogP contribution in [0.4, 0.5) is 0 Å². The zero-order valence-corrected chi connectivity index (χ0v) is 49.1. The van der Waals surface area contributed by atoms with Gasteiger partial charge in [-0.05, 0) is 89.2 Å². The summed E-state index contributed by atoms with van der Waals surface area (Å²) in [6, 6.07) is 49.7. The average molecular weight is 1200 g/mol. The molecule has 5 heterocycles. The first kappa shape index (κ1) is 52.1. The Morgan fingerprint density at radius 2 is 1.45 bits per heavy atom. The summed E-state index contributed by atoms with van der Waals surface area (Å²) in [6.07, 6.45) is 9.95. The van der Waals surface area contributed by atoms with Crippen molar-refractivity contribution in [2.24, 2.45) is 11.3 Å². The maximum atomic E-state index is 6.71. The minimum absolute atomic E-state index is 0. The van der Waals surface area contributed by atoms with Gasteiger partial charge in [0.25, 0.3) is 0 Å². The molecule has 1 aliphatic rings. The normalized spacial score (nSPS) is 13.4. The number of aromatic nitrogens is 5. The van der Waals surface area contributed by atoms with E-state index in [9.17, 15) is 0 Å². The van der Waals surface area contributed by atoms with Gasteiger partial charge in [0.05, 0.1) is 28.0 Å². The van der Waals surface area contributed by atoms with Crippen molar-refractivity contribution in [1.82, 2.24) is 24.5 Å². The summed E-state index contributed by atoms with van der Waals surface area (Å²) < 4.78 is 10.7. The number of rotatable bonds is 10. The van der Waals surface area contributed by atoms with Crippen molar-refractivity contribution < 1.29 is 24.5 Å². The predicted octanol–water partition coefficient (Wildman–Crippen LogP) is 17.0. The molecule has 0 amide bonds. The van der Waals surface area contributed by atoms with Crippen LogP contribution in [0, 0.1) is 30.4 Å². The molecule has 10 aromatic rings. The molecule has 73 heavy (non-hydrogen) atoms. The first-order chi connectivity index (χ1) is 34.5. The van der Waals surface area contributed by atoms with Crippen molar-refractivity contribution in [2.75, 3.05) is 0 Å². The third-order valence-corrected chi connectivity index (χ3v) is 18.8. The molecule has 0 atom stereocenters. The number of hydrogen-bond donors (Lipinski definition) is 0. The van der Waals surface area contributed by atoms with Crippen LogP contribution >= 0.6 is 0 Å². The van der Waals surface area contributed by atoms with Crippen LogP contribution < -0.4 is 4.40 Å². The first-order valence-corrected chi connectivity index (χ1v) is 33.6. The van der Waals surface area contributed by atoms with Gasteiger partial charge >= 0.3 is 137 Å². The van der Waals surface area contributed by atoms with Crippen molar-refractivity contribution in [3.05, 3.63) is 168 Å². The maximum Gasteiger partial charge on any atom is 0 e. The van der Waals surface area contributed by atoms with E-state index in [0.29, 0.717) is 5.71 Å². The molecule has 1 radical (unpaired) electrons. The van der Waals surface area contributed by atoms with Gasteiger partial charge in [0.2, 0.25) is 5.71 Å². The molecule has 1 aliphatic carbocycles. The molecule has 5 aromatic heterocycles. The molecule has 0 bridgehead atoms. The SMILES string of the molecule is Cc1ccc2ccc3nc(-c4[c-]ccc5c4oc4nc(CC(C)(C)C)ccc45)n(-c4c(C(C)C)cc(-c5ccccc5)cc4C(C)C)c3c2n1.[CH3][Ge]([CH3])([CH3])[c]1cnc(-c2[c-]cccc2)cc1CC1CCCC1.[Ir]. The minimum atomic E-state index is -1.87. The van der Waals surface area contributed by atoms with Crippen molar-refractivity contribution in [1.29, 1.82) is 0 Å². The van der Waals surface area contributed by atoms with Crippen molar-refractivity contribution in [2.45, 2.75) is 123 Å². The number of fused-ring (bicyclic) bond motifs is 6. The fourth-order valence-corrected chi connectivity index (χ4v) is 14.2. The van der Waals surface area contributed by atoms with Crippen LogP contribution in [-0.2, 0) is 32.9 Å². The van der Waals surface area contributed by atoms with E-state index in [0.717, 1.165) is 90.4 Å². The minimum Gasteiger partial charge on any atom is 0 e. The summed E-state index contributed by atoms with van der Waals surface area (Å²) >= 11 is -1.87. The predicted molar refractivity (Wildman–Crippen MR) is 304 cm³/mol. The Bertz CT molecular complexity index is 3550. The van der Waals surface area contributed by atoms with E-state index in [-0.39, 0.29) is 37.4 Å². The molecule has 0 spiro atoms. The van der Waals surface area contributed by atoms with Gasteiger partial charge in [-0.25, -0.2) is 4.98 Å². The third kappa shape index (κ3) is 10.9. The van der Waals surface area contributed by atoms with Crippen LogP contribution in [-0.4, -0.2) is 37.8 Å². The molecule has 1 saturated carbocycles.